The minimum atomic E-state index is 0.209. The van der Waals surface area contributed by atoms with E-state index in [2.05, 4.69) is 30.4 Å². The van der Waals surface area contributed by atoms with Crippen molar-refractivity contribution in [1.82, 2.24) is 5.32 Å². The molecule has 29 heavy (non-hydrogen) atoms. The Balaban J connectivity index is 1.34. The number of anilines is 1. The molecule has 3 nitrogen and oxygen atoms in total. The number of rotatable bonds is 17. The first-order valence-electron chi connectivity index (χ1n) is 12.4. The van der Waals surface area contributed by atoms with Crippen molar-refractivity contribution in [1.29, 1.82) is 0 Å². The van der Waals surface area contributed by atoms with Gasteiger partial charge in [0, 0.05) is 12.2 Å². The van der Waals surface area contributed by atoms with Gasteiger partial charge in [0.15, 0.2) is 0 Å². The Morgan fingerprint density at radius 1 is 0.828 bits per heavy atom. The minimum Gasteiger partial charge on any atom is -0.311 e. The van der Waals surface area contributed by atoms with E-state index in [4.69, 9.17) is 0 Å². The van der Waals surface area contributed by atoms with E-state index in [1.807, 2.05) is 11.0 Å². The number of carbonyl (C=O) groups excluding carboxylic acids is 1. The third-order valence-electron chi connectivity index (χ3n) is 6.17. The Morgan fingerprint density at radius 2 is 1.38 bits per heavy atom. The van der Waals surface area contributed by atoms with Crippen LogP contribution in [0.2, 0.25) is 0 Å². The number of hydrogen-bond donors (Lipinski definition) is 1. The number of nitrogens with zero attached hydrogens (tertiary/aromatic N) is 1. The maximum absolute atomic E-state index is 12.4. The van der Waals surface area contributed by atoms with E-state index in [0.29, 0.717) is 6.54 Å². The number of carbonyl (C=O) groups is 1. The van der Waals surface area contributed by atoms with Crippen molar-refractivity contribution in [3.8, 4) is 0 Å². The number of benzene rings is 1. The number of hydrogen-bond acceptors (Lipinski definition) is 2. The summed E-state index contributed by atoms with van der Waals surface area (Å²) in [6.07, 6.45) is 20.4. The van der Waals surface area contributed by atoms with Crippen LogP contribution in [0, 0.1) is 0 Å². The van der Waals surface area contributed by atoms with Crippen LogP contribution in [0.4, 0.5) is 5.69 Å². The van der Waals surface area contributed by atoms with Crippen molar-refractivity contribution in [3.05, 3.63) is 29.8 Å². The van der Waals surface area contributed by atoms with Gasteiger partial charge in [-0.2, -0.15) is 0 Å². The summed E-state index contributed by atoms with van der Waals surface area (Å²) in [4.78, 5) is 14.4. The number of para-hydroxylation sites is 1. The molecular formula is C26H44N2O. The fourth-order valence-corrected chi connectivity index (χ4v) is 4.33. The van der Waals surface area contributed by atoms with Crippen LogP contribution in [0.1, 0.15) is 102 Å². The molecule has 1 aromatic carbocycles. The van der Waals surface area contributed by atoms with Crippen LogP contribution < -0.4 is 10.2 Å². The summed E-state index contributed by atoms with van der Waals surface area (Å²) in [5, 5.41) is 3.35. The Labute approximate surface area is 179 Å². The van der Waals surface area contributed by atoms with Gasteiger partial charge in [-0.1, -0.05) is 109 Å². The predicted octanol–water partition coefficient (Wildman–Crippen LogP) is 6.65. The second kappa shape index (κ2) is 15.5. The predicted molar refractivity (Wildman–Crippen MR) is 126 cm³/mol. The summed E-state index contributed by atoms with van der Waals surface area (Å²) in [5.74, 6) is 0.209. The molecule has 1 aliphatic rings. The Kier molecular flexibility index (Phi) is 12.8. The molecule has 0 saturated carbocycles. The van der Waals surface area contributed by atoms with Crippen molar-refractivity contribution >= 4 is 11.6 Å². The molecule has 0 aliphatic carbocycles. The summed E-state index contributed by atoms with van der Waals surface area (Å²) in [7, 11) is 0. The van der Waals surface area contributed by atoms with Gasteiger partial charge in [0.1, 0.15) is 0 Å². The van der Waals surface area contributed by atoms with Gasteiger partial charge in [-0.3, -0.25) is 4.79 Å². The summed E-state index contributed by atoms with van der Waals surface area (Å²) in [5.41, 5.74) is 2.41. The second-order valence-corrected chi connectivity index (χ2v) is 8.70. The van der Waals surface area contributed by atoms with Gasteiger partial charge in [0.25, 0.3) is 0 Å². The molecule has 164 valence electrons. The average molecular weight is 401 g/mol. The zero-order valence-corrected chi connectivity index (χ0v) is 18.9. The monoisotopic (exact) mass is 400 g/mol. The normalized spacial score (nSPS) is 13.1. The fourth-order valence-electron chi connectivity index (χ4n) is 4.33. The van der Waals surface area contributed by atoms with Crippen LogP contribution in [0.5, 0.6) is 0 Å². The number of fused-ring (bicyclic) bond motifs is 1. The summed E-state index contributed by atoms with van der Waals surface area (Å²) >= 11 is 0. The standard InChI is InChI=1S/C26H44N2O/c1-2-3-4-5-6-7-8-9-10-11-12-13-14-17-21-27-23-26(29)28-22-20-24-18-15-16-19-25(24)28/h15-16,18-19,27H,2-14,17,20-23H2,1H3. The van der Waals surface area contributed by atoms with E-state index in [9.17, 15) is 4.79 Å². The van der Waals surface area contributed by atoms with Gasteiger partial charge >= 0.3 is 0 Å². The third kappa shape index (κ3) is 9.80. The first-order chi connectivity index (χ1) is 14.3. The molecule has 0 radical (unpaired) electrons. The average Bonchev–Trinajstić information content (AvgIpc) is 3.17. The van der Waals surface area contributed by atoms with Crippen LogP contribution in [0.25, 0.3) is 0 Å². The quantitative estimate of drug-likeness (QED) is 0.297. The molecule has 0 aromatic heterocycles. The van der Waals surface area contributed by atoms with E-state index in [-0.39, 0.29) is 5.91 Å². The topological polar surface area (TPSA) is 32.3 Å². The van der Waals surface area contributed by atoms with E-state index in [1.54, 1.807) is 0 Å². The van der Waals surface area contributed by atoms with Gasteiger partial charge in [0.05, 0.1) is 6.54 Å². The van der Waals surface area contributed by atoms with E-state index in [1.165, 1.54) is 95.5 Å². The van der Waals surface area contributed by atoms with Crippen molar-refractivity contribution in [3.63, 3.8) is 0 Å². The molecule has 0 atom stereocenters. The number of nitrogens with one attached hydrogen (secondary N) is 1. The van der Waals surface area contributed by atoms with E-state index in [0.717, 1.165) is 25.2 Å². The summed E-state index contributed by atoms with van der Waals surface area (Å²) in [6, 6.07) is 8.27. The van der Waals surface area contributed by atoms with Gasteiger partial charge in [0.2, 0.25) is 5.91 Å². The maximum Gasteiger partial charge on any atom is 0.240 e. The van der Waals surface area contributed by atoms with Crippen LogP contribution in [-0.2, 0) is 11.2 Å². The van der Waals surface area contributed by atoms with Gasteiger partial charge in [-0.05, 0) is 31.0 Å². The van der Waals surface area contributed by atoms with Gasteiger partial charge in [-0.15, -0.1) is 0 Å². The Morgan fingerprint density at radius 3 is 2.00 bits per heavy atom. The molecular weight excluding hydrogens is 356 g/mol. The minimum absolute atomic E-state index is 0.209. The smallest absolute Gasteiger partial charge is 0.240 e. The lowest BCUT2D eigenvalue weighted by Gasteiger charge is -2.17. The Bertz CT molecular complexity index is 557. The lowest BCUT2D eigenvalue weighted by atomic mass is 10.0. The summed E-state index contributed by atoms with van der Waals surface area (Å²) in [6.45, 7) is 4.54. The highest BCUT2D eigenvalue weighted by Gasteiger charge is 2.23. The number of amides is 1. The molecule has 3 heteroatoms. The molecule has 1 heterocycles. The molecule has 0 bridgehead atoms. The van der Waals surface area contributed by atoms with Crippen LogP contribution >= 0.6 is 0 Å². The molecule has 0 saturated heterocycles. The molecule has 0 unspecified atom stereocenters. The lowest BCUT2D eigenvalue weighted by Crippen LogP contribution is -2.37. The molecule has 1 amide bonds. The zero-order valence-electron chi connectivity index (χ0n) is 18.9. The van der Waals surface area contributed by atoms with Crippen LogP contribution in [0.3, 0.4) is 0 Å². The summed E-state index contributed by atoms with van der Waals surface area (Å²) < 4.78 is 0. The molecule has 1 aromatic rings. The molecule has 1 aliphatic heterocycles. The second-order valence-electron chi connectivity index (χ2n) is 8.70. The molecule has 2 rings (SSSR count). The first kappa shape index (κ1) is 23.9. The van der Waals surface area contributed by atoms with Crippen LogP contribution in [0.15, 0.2) is 24.3 Å². The highest BCUT2D eigenvalue weighted by Crippen LogP contribution is 2.27. The zero-order chi connectivity index (χ0) is 20.6. The maximum atomic E-state index is 12.4. The highest BCUT2D eigenvalue weighted by atomic mass is 16.2. The van der Waals surface area contributed by atoms with Crippen molar-refractivity contribution < 1.29 is 4.79 Å². The Hall–Kier alpha value is -1.35. The van der Waals surface area contributed by atoms with Crippen LogP contribution in [-0.4, -0.2) is 25.5 Å². The van der Waals surface area contributed by atoms with Gasteiger partial charge < -0.3 is 10.2 Å². The highest BCUT2D eigenvalue weighted by molar-refractivity contribution is 5.96. The largest absolute Gasteiger partial charge is 0.311 e. The van der Waals surface area contributed by atoms with Crippen molar-refractivity contribution in [2.75, 3.05) is 24.5 Å². The molecule has 1 N–H and O–H groups in total. The SMILES string of the molecule is CCCCCCCCCCCCCCCCNCC(=O)N1CCc2ccccc21. The van der Waals surface area contributed by atoms with E-state index < -0.39 is 0 Å². The third-order valence-corrected chi connectivity index (χ3v) is 6.17. The number of unbranched alkanes of at least 4 members (excludes halogenated alkanes) is 13. The fraction of sp³-hybridized carbons (Fsp3) is 0.731. The first-order valence-corrected chi connectivity index (χ1v) is 12.4. The molecule has 0 spiro atoms. The van der Waals surface area contributed by atoms with Crippen molar-refractivity contribution in [2.24, 2.45) is 0 Å². The van der Waals surface area contributed by atoms with Crippen molar-refractivity contribution in [2.45, 2.75) is 103 Å². The van der Waals surface area contributed by atoms with E-state index >= 15 is 0 Å². The molecule has 0 fully saturated rings. The van der Waals surface area contributed by atoms with Gasteiger partial charge in [-0.25, -0.2) is 0 Å². The lowest BCUT2D eigenvalue weighted by molar-refractivity contribution is -0.117.